The predicted octanol–water partition coefficient (Wildman–Crippen LogP) is 2.60. The molecule has 0 spiro atoms. The fourth-order valence-corrected chi connectivity index (χ4v) is 3.67. The molecule has 25 heavy (non-hydrogen) atoms. The Bertz CT molecular complexity index is 608. The molecule has 0 atom stereocenters. The highest BCUT2D eigenvalue weighted by molar-refractivity contribution is 5.79. The summed E-state index contributed by atoms with van der Waals surface area (Å²) in [6.07, 6.45) is 6.26. The van der Waals surface area contributed by atoms with Crippen LogP contribution in [0.15, 0.2) is 24.3 Å². The van der Waals surface area contributed by atoms with Crippen molar-refractivity contribution in [3.05, 3.63) is 35.6 Å². The van der Waals surface area contributed by atoms with E-state index in [1.807, 2.05) is 4.90 Å². The van der Waals surface area contributed by atoms with E-state index in [4.69, 9.17) is 0 Å². The summed E-state index contributed by atoms with van der Waals surface area (Å²) in [6.45, 7) is 1.31. The van der Waals surface area contributed by atoms with Crippen LogP contribution in [-0.2, 0) is 11.2 Å². The molecule has 1 heterocycles. The molecular weight excluding hydrogens is 321 g/mol. The molecule has 2 aliphatic rings. The Balaban J connectivity index is 1.39. The van der Waals surface area contributed by atoms with Crippen LogP contribution >= 0.6 is 0 Å². The number of rotatable bonds is 4. The Morgan fingerprint density at radius 2 is 1.72 bits per heavy atom. The zero-order valence-corrected chi connectivity index (χ0v) is 14.5. The number of carbonyl (C=O) groups excluding carboxylic acids is 2. The van der Waals surface area contributed by atoms with Gasteiger partial charge in [0.25, 0.3) is 0 Å². The van der Waals surface area contributed by atoms with E-state index in [9.17, 15) is 14.0 Å². The van der Waals surface area contributed by atoms with Gasteiger partial charge in [-0.05, 0) is 43.4 Å². The molecule has 0 unspecified atom stereocenters. The van der Waals surface area contributed by atoms with E-state index in [1.165, 1.54) is 25.0 Å². The Kier molecular flexibility index (Phi) is 5.89. The molecule has 1 aliphatic carbocycles. The zero-order chi connectivity index (χ0) is 17.6. The van der Waals surface area contributed by atoms with Crippen molar-refractivity contribution in [3.8, 4) is 0 Å². The second-order valence-electron chi connectivity index (χ2n) is 7.07. The van der Waals surface area contributed by atoms with Gasteiger partial charge in [-0.25, -0.2) is 9.18 Å². The molecule has 1 aromatic carbocycles. The first kappa shape index (κ1) is 17.7. The molecule has 0 radical (unpaired) electrons. The lowest BCUT2D eigenvalue weighted by atomic mass is 10.0. The van der Waals surface area contributed by atoms with Crippen LogP contribution in [0.2, 0.25) is 0 Å². The Labute approximate surface area is 148 Å². The summed E-state index contributed by atoms with van der Waals surface area (Å²) >= 11 is 0. The van der Waals surface area contributed by atoms with Crippen molar-refractivity contribution in [2.75, 3.05) is 13.1 Å². The van der Waals surface area contributed by atoms with Gasteiger partial charge in [0.1, 0.15) is 5.82 Å². The van der Waals surface area contributed by atoms with Gasteiger partial charge >= 0.3 is 6.03 Å². The minimum Gasteiger partial charge on any atom is -0.353 e. The van der Waals surface area contributed by atoms with Gasteiger partial charge in [-0.1, -0.05) is 25.0 Å². The van der Waals surface area contributed by atoms with E-state index < -0.39 is 0 Å². The van der Waals surface area contributed by atoms with Crippen molar-refractivity contribution in [2.24, 2.45) is 0 Å². The monoisotopic (exact) mass is 347 g/mol. The first-order valence-electron chi connectivity index (χ1n) is 9.19. The summed E-state index contributed by atoms with van der Waals surface area (Å²) < 4.78 is 13.2. The van der Waals surface area contributed by atoms with E-state index >= 15 is 0 Å². The van der Waals surface area contributed by atoms with Crippen molar-refractivity contribution in [1.82, 2.24) is 15.5 Å². The van der Waals surface area contributed by atoms with Crippen LogP contribution in [0.5, 0.6) is 0 Å². The van der Waals surface area contributed by atoms with E-state index in [0.29, 0.717) is 24.7 Å². The zero-order valence-electron chi connectivity index (χ0n) is 14.5. The highest BCUT2D eigenvalue weighted by Gasteiger charge is 2.26. The molecule has 0 bridgehead atoms. The number of benzene rings is 1. The first-order valence-corrected chi connectivity index (χ1v) is 9.19. The number of piperidine rings is 1. The van der Waals surface area contributed by atoms with Crippen LogP contribution in [0.4, 0.5) is 9.18 Å². The van der Waals surface area contributed by atoms with Crippen molar-refractivity contribution < 1.29 is 14.0 Å². The van der Waals surface area contributed by atoms with Crippen molar-refractivity contribution in [1.29, 1.82) is 0 Å². The van der Waals surface area contributed by atoms with Gasteiger partial charge in [-0.3, -0.25) is 4.79 Å². The lowest BCUT2D eigenvalue weighted by Gasteiger charge is -2.33. The van der Waals surface area contributed by atoms with Crippen molar-refractivity contribution in [2.45, 2.75) is 57.0 Å². The van der Waals surface area contributed by atoms with E-state index in [-0.39, 0.29) is 30.2 Å². The number of carbonyl (C=O) groups is 2. The predicted molar refractivity (Wildman–Crippen MR) is 93.6 cm³/mol. The average Bonchev–Trinajstić information content (AvgIpc) is 3.08. The molecule has 6 heteroatoms. The van der Waals surface area contributed by atoms with Crippen LogP contribution in [0.1, 0.15) is 44.1 Å². The molecule has 2 N–H and O–H groups in total. The number of hydrogen-bond donors (Lipinski definition) is 2. The van der Waals surface area contributed by atoms with E-state index in [1.54, 1.807) is 12.1 Å². The van der Waals surface area contributed by atoms with Crippen LogP contribution < -0.4 is 10.6 Å². The Morgan fingerprint density at radius 1 is 1.04 bits per heavy atom. The fourth-order valence-electron chi connectivity index (χ4n) is 3.67. The van der Waals surface area contributed by atoms with Crippen LogP contribution in [-0.4, -0.2) is 42.0 Å². The Hall–Kier alpha value is -2.11. The second kappa shape index (κ2) is 8.32. The van der Waals surface area contributed by atoms with Gasteiger partial charge in [0.15, 0.2) is 0 Å². The first-order chi connectivity index (χ1) is 12.1. The molecule has 3 amide bonds. The number of amides is 3. The molecular formula is C19H26FN3O2. The quantitative estimate of drug-likeness (QED) is 0.879. The molecule has 0 aromatic heterocycles. The highest BCUT2D eigenvalue weighted by atomic mass is 19.1. The smallest absolute Gasteiger partial charge is 0.317 e. The third-order valence-corrected chi connectivity index (χ3v) is 5.08. The molecule has 1 aliphatic heterocycles. The number of halogens is 1. The van der Waals surface area contributed by atoms with Gasteiger partial charge in [0, 0.05) is 25.2 Å². The number of nitrogens with zero attached hydrogens (tertiary/aromatic N) is 1. The average molecular weight is 347 g/mol. The van der Waals surface area contributed by atoms with Gasteiger partial charge in [0.2, 0.25) is 5.91 Å². The summed E-state index contributed by atoms with van der Waals surface area (Å²) in [7, 11) is 0. The summed E-state index contributed by atoms with van der Waals surface area (Å²) in [5.74, 6) is -0.425. The summed E-state index contributed by atoms with van der Waals surface area (Å²) in [4.78, 5) is 26.2. The maximum atomic E-state index is 13.2. The summed E-state index contributed by atoms with van der Waals surface area (Å²) in [5.41, 5.74) is 0.672. The lowest BCUT2D eigenvalue weighted by Crippen LogP contribution is -2.51. The van der Waals surface area contributed by atoms with Gasteiger partial charge < -0.3 is 15.5 Å². The molecule has 1 saturated heterocycles. The molecule has 3 rings (SSSR count). The third kappa shape index (κ3) is 5.18. The summed E-state index contributed by atoms with van der Waals surface area (Å²) in [5, 5.41) is 6.11. The normalized spacial score (nSPS) is 19.0. The molecule has 1 aromatic rings. The summed E-state index contributed by atoms with van der Waals surface area (Å²) in [6, 6.07) is 6.55. The number of likely N-dealkylation sites (tertiary alicyclic amines) is 1. The van der Waals surface area contributed by atoms with Gasteiger partial charge in [-0.15, -0.1) is 0 Å². The molecule has 1 saturated carbocycles. The fraction of sp³-hybridized carbons (Fsp3) is 0.579. The lowest BCUT2D eigenvalue weighted by molar-refractivity contribution is -0.121. The topological polar surface area (TPSA) is 61.4 Å². The van der Waals surface area contributed by atoms with E-state index in [2.05, 4.69) is 10.6 Å². The standard InChI is InChI=1S/C19H26FN3O2/c20-15-5-3-4-14(12-15)13-18(24)21-17-8-10-23(11-9-17)19(25)22-16-6-1-2-7-16/h3-5,12,16-17H,1-2,6-11,13H2,(H,21,24)(H,22,25). The molecule has 5 nitrogen and oxygen atoms in total. The van der Waals surface area contributed by atoms with Gasteiger partial charge in [-0.2, -0.15) is 0 Å². The largest absolute Gasteiger partial charge is 0.353 e. The number of hydrogen-bond acceptors (Lipinski definition) is 2. The maximum absolute atomic E-state index is 13.2. The molecule has 136 valence electrons. The minimum absolute atomic E-state index is 0.0245. The highest BCUT2D eigenvalue weighted by Crippen LogP contribution is 2.18. The molecule has 2 fully saturated rings. The van der Waals surface area contributed by atoms with E-state index in [0.717, 1.165) is 25.7 Å². The van der Waals surface area contributed by atoms with Crippen LogP contribution in [0, 0.1) is 5.82 Å². The minimum atomic E-state index is -0.327. The second-order valence-corrected chi connectivity index (χ2v) is 7.07. The van der Waals surface area contributed by atoms with Gasteiger partial charge in [0.05, 0.1) is 6.42 Å². The number of nitrogens with one attached hydrogen (secondary N) is 2. The SMILES string of the molecule is O=C(Cc1cccc(F)c1)NC1CCN(C(=O)NC2CCCC2)CC1. The van der Waals surface area contributed by atoms with Crippen LogP contribution in [0.3, 0.4) is 0 Å². The third-order valence-electron chi connectivity index (χ3n) is 5.08. The van der Waals surface area contributed by atoms with Crippen molar-refractivity contribution >= 4 is 11.9 Å². The number of urea groups is 1. The van der Waals surface area contributed by atoms with Crippen LogP contribution in [0.25, 0.3) is 0 Å². The maximum Gasteiger partial charge on any atom is 0.317 e. The Morgan fingerprint density at radius 3 is 2.40 bits per heavy atom. The van der Waals surface area contributed by atoms with Crippen molar-refractivity contribution in [3.63, 3.8) is 0 Å².